The van der Waals surface area contributed by atoms with Gasteiger partial charge in [0, 0.05) is 36.3 Å². The molecule has 106 valence electrons. The highest BCUT2D eigenvalue weighted by Gasteiger charge is 2.14. The minimum absolute atomic E-state index is 0.0399. The highest BCUT2D eigenvalue weighted by molar-refractivity contribution is 5.94. The minimum atomic E-state index is -0.114. The van der Waals surface area contributed by atoms with E-state index in [0.29, 0.717) is 5.56 Å². The fraction of sp³-hybridized carbons (Fsp3) is 0.312. The predicted octanol–water partition coefficient (Wildman–Crippen LogP) is 2.22. The number of nitrogens with zero attached hydrogens (tertiary/aromatic N) is 1. The highest BCUT2D eigenvalue weighted by Crippen LogP contribution is 2.11. The molecule has 4 heteroatoms. The number of hydrogen-bond acceptors (Lipinski definition) is 2. The van der Waals surface area contributed by atoms with Gasteiger partial charge in [-0.15, -0.1) is 0 Å². The summed E-state index contributed by atoms with van der Waals surface area (Å²) in [5.41, 5.74) is 1.64. The average molecular weight is 272 g/mol. The normalized spacial score (nSPS) is 13.8. The summed E-state index contributed by atoms with van der Waals surface area (Å²) in [5, 5.41) is 12.0. The molecular weight excluding hydrogens is 252 g/mol. The maximum Gasteiger partial charge on any atom is 0.251 e. The van der Waals surface area contributed by atoms with Crippen molar-refractivity contribution in [2.45, 2.75) is 19.9 Å². The molecule has 1 aromatic carbocycles. The van der Waals surface area contributed by atoms with Crippen LogP contribution in [0.2, 0.25) is 0 Å². The molecule has 2 unspecified atom stereocenters. The van der Waals surface area contributed by atoms with Gasteiger partial charge in [0.15, 0.2) is 0 Å². The Morgan fingerprint density at radius 3 is 2.35 bits per heavy atom. The topological polar surface area (TPSA) is 54.3 Å². The lowest BCUT2D eigenvalue weighted by Gasteiger charge is -2.19. The zero-order valence-corrected chi connectivity index (χ0v) is 11.8. The van der Waals surface area contributed by atoms with Gasteiger partial charge >= 0.3 is 0 Å². The number of carbonyl (C=O) groups is 1. The van der Waals surface area contributed by atoms with Crippen molar-refractivity contribution in [3.63, 3.8) is 0 Å². The van der Waals surface area contributed by atoms with Gasteiger partial charge in [0.25, 0.3) is 5.91 Å². The van der Waals surface area contributed by atoms with Crippen LogP contribution in [0.1, 0.15) is 24.2 Å². The van der Waals surface area contributed by atoms with Gasteiger partial charge in [0.1, 0.15) is 0 Å². The van der Waals surface area contributed by atoms with Crippen molar-refractivity contribution in [1.29, 1.82) is 0 Å². The number of aliphatic hydroxyl groups excluding tert-OH is 1. The maximum atomic E-state index is 12.1. The summed E-state index contributed by atoms with van der Waals surface area (Å²) in [6.07, 6.45) is 3.92. The molecule has 1 heterocycles. The smallest absolute Gasteiger partial charge is 0.251 e. The number of hydrogen-bond donors (Lipinski definition) is 2. The SMILES string of the molecule is CC(CO)C(C)NC(=O)c1ccc(-n2cccc2)cc1. The summed E-state index contributed by atoms with van der Waals surface area (Å²) in [4.78, 5) is 12.1. The summed E-state index contributed by atoms with van der Waals surface area (Å²) in [6, 6.07) is 11.3. The Morgan fingerprint density at radius 2 is 1.80 bits per heavy atom. The second-order valence-corrected chi connectivity index (χ2v) is 5.06. The summed E-state index contributed by atoms with van der Waals surface area (Å²) in [6.45, 7) is 3.86. The monoisotopic (exact) mass is 272 g/mol. The molecule has 4 nitrogen and oxygen atoms in total. The zero-order chi connectivity index (χ0) is 14.5. The van der Waals surface area contributed by atoms with Gasteiger partial charge in [-0.2, -0.15) is 0 Å². The van der Waals surface area contributed by atoms with E-state index in [1.807, 2.05) is 55.1 Å². The van der Waals surface area contributed by atoms with Gasteiger partial charge < -0.3 is 15.0 Å². The Labute approximate surface area is 119 Å². The van der Waals surface area contributed by atoms with E-state index in [1.165, 1.54) is 0 Å². The lowest BCUT2D eigenvalue weighted by molar-refractivity contribution is 0.0916. The summed E-state index contributed by atoms with van der Waals surface area (Å²) < 4.78 is 1.98. The van der Waals surface area contributed by atoms with Crippen LogP contribution in [-0.2, 0) is 0 Å². The largest absolute Gasteiger partial charge is 0.396 e. The second-order valence-electron chi connectivity index (χ2n) is 5.06. The summed E-state index contributed by atoms with van der Waals surface area (Å²) in [5.74, 6) is -0.0741. The first kappa shape index (κ1) is 14.3. The Hall–Kier alpha value is -2.07. The fourth-order valence-electron chi connectivity index (χ4n) is 1.88. The van der Waals surface area contributed by atoms with Gasteiger partial charge in [-0.05, 0) is 49.2 Å². The fourth-order valence-corrected chi connectivity index (χ4v) is 1.88. The molecule has 0 radical (unpaired) electrons. The van der Waals surface area contributed by atoms with Gasteiger partial charge in [0.05, 0.1) is 0 Å². The van der Waals surface area contributed by atoms with E-state index in [0.717, 1.165) is 5.69 Å². The van der Waals surface area contributed by atoms with E-state index in [4.69, 9.17) is 5.11 Å². The third kappa shape index (κ3) is 3.27. The van der Waals surface area contributed by atoms with Crippen LogP contribution in [0.15, 0.2) is 48.8 Å². The van der Waals surface area contributed by atoms with Crippen molar-refractivity contribution in [2.75, 3.05) is 6.61 Å². The van der Waals surface area contributed by atoms with Crippen molar-refractivity contribution < 1.29 is 9.90 Å². The average Bonchev–Trinajstić information content (AvgIpc) is 3.00. The quantitative estimate of drug-likeness (QED) is 0.877. The lowest BCUT2D eigenvalue weighted by Crippen LogP contribution is -2.38. The highest BCUT2D eigenvalue weighted by atomic mass is 16.3. The third-order valence-electron chi connectivity index (χ3n) is 3.53. The Bertz CT molecular complexity index is 546. The molecule has 0 saturated heterocycles. The van der Waals surface area contributed by atoms with Crippen LogP contribution in [0.3, 0.4) is 0 Å². The number of benzene rings is 1. The molecule has 2 atom stereocenters. The van der Waals surface area contributed by atoms with Gasteiger partial charge in [0.2, 0.25) is 0 Å². The molecule has 0 aliphatic heterocycles. The first-order valence-electron chi connectivity index (χ1n) is 6.77. The first-order chi connectivity index (χ1) is 9.61. The molecule has 20 heavy (non-hydrogen) atoms. The Morgan fingerprint density at radius 1 is 1.20 bits per heavy atom. The van der Waals surface area contributed by atoms with E-state index in [-0.39, 0.29) is 24.5 Å². The van der Waals surface area contributed by atoms with Gasteiger partial charge in [-0.1, -0.05) is 6.92 Å². The number of carbonyl (C=O) groups excluding carboxylic acids is 1. The van der Waals surface area contributed by atoms with E-state index in [9.17, 15) is 4.79 Å². The van der Waals surface area contributed by atoms with Crippen molar-refractivity contribution in [3.8, 4) is 5.69 Å². The molecule has 0 saturated carbocycles. The molecule has 2 rings (SSSR count). The van der Waals surface area contributed by atoms with Crippen LogP contribution in [-0.4, -0.2) is 28.2 Å². The van der Waals surface area contributed by atoms with E-state index in [1.54, 1.807) is 12.1 Å². The molecule has 2 N–H and O–H groups in total. The first-order valence-corrected chi connectivity index (χ1v) is 6.77. The zero-order valence-electron chi connectivity index (χ0n) is 11.8. The third-order valence-corrected chi connectivity index (χ3v) is 3.53. The number of aliphatic hydroxyl groups is 1. The number of rotatable bonds is 5. The van der Waals surface area contributed by atoms with Crippen LogP contribution in [0.25, 0.3) is 5.69 Å². The van der Waals surface area contributed by atoms with Crippen molar-refractivity contribution >= 4 is 5.91 Å². The van der Waals surface area contributed by atoms with Crippen LogP contribution >= 0.6 is 0 Å². The van der Waals surface area contributed by atoms with Gasteiger partial charge in [-0.3, -0.25) is 4.79 Å². The van der Waals surface area contributed by atoms with E-state index in [2.05, 4.69) is 5.32 Å². The molecule has 0 spiro atoms. The number of nitrogens with one attached hydrogen (secondary N) is 1. The molecule has 2 aromatic rings. The summed E-state index contributed by atoms with van der Waals surface area (Å²) >= 11 is 0. The van der Waals surface area contributed by atoms with Crippen molar-refractivity contribution in [2.24, 2.45) is 5.92 Å². The molecule has 0 fully saturated rings. The molecule has 1 aromatic heterocycles. The van der Waals surface area contributed by atoms with Crippen LogP contribution < -0.4 is 5.32 Å². The van der Waals surface area contributed by atoms with Crippen molar-refractivity contribution in [3.05, 3.63) is 54.4 Å². The van der Waals surface area contributed by atoms with Gasteiger partial charge in [-0.25, -0.2) is 0 Å². The van der Waals surface area contributed by atoms with Crippen molar-refractivity contribution in [1.82, 2.24) is 9.88 Å². The Balaban J connectivity index is 2.04. The van der Waals surface area contributed by atoms with Crippen LogP contribution in [0.5, 0.6) is 0 Å². The lowest BCUT2D eigenvalue weighted by atomic mass is 10.0. The molecule has 0 aliphatic carbocycles. The standard InChI is InChI=1S/C16H20N2O2/c1-12(11-19)13(2)17-16(20)14-5-7-15(8-6-14)18-9-3-4-10-18/h3-10,12-13,19H,11H2,1-2H3,(H,17,20). The second kappa shape index (κ2) is 6.39. The maximum absolute atomic E-state index is 12.1. The molecule has 1 amide bonds. The Kier molecular flexibility index (Phi) is 4.58. The molecule has 0 aliphatic rings. The number of amides is 1. The van der Waals surface area contributed by atoms with Crippen LogP contribution in [0, 0.1) is 5.92 Å². The summed E-state index contributed by atoms with van der Waals surface area (Å²) in [7, 11) is 0. The van der Waals surface area contributed by atoms with Crippen LogP contribution in [0.4, 0.5) is 0 Å². The predicted molar refractivity (Wildman–Crippen MR) is 78.9 cm³/mol. The minimum Gasteiger partial charge on any atom is -0.396 e. The number of aromatic nitrogens is 1. The van der Waals surface area contributed by atoms with E-state index < -0.39 is 0 Å². The van der Waals surface area contributed by atoms with E-state index >= 15 is 0 Å². The molecule has 0 bridgehead atoms. The molecular formula is C16H20N2O2.